The molecule has 3 aromatic carbocycles. The number of hydrogen-bond donors (Lipinski definition) is 0. The van der Waals surface area contributed by atoms with E-state index in [1.165, 1.54) is 6.20 Å². The lowest BCUT2D eigenvalue weighted by molar-refractivity contribution is -0.128. The number of β-lactam (4-membered cyclic amide) rings is 1. The Labute approximate surface area is 173 Å². The van der Waals surface area contributed by atoms with Gasteiger partial charge < -0.3 is 4.90 Å². The van der Waals surface area contributed by atoms with Crippen molar-refractivity contribution in [2.75, 3.05) is 4.90 Å². The van der Waals surface area contributed by atoms with Crippen LogP contribution in [0.15, 0.2) is 97.2 Å². The topological polar surface area (TPSA) is 57.7 Å². The quantitative estimate of drug-likeness (QED) is 0.492. The van der Waals surface area contributed by atoms with E-state index in [4.69, 9.17) is 0 Å². The Kier molecular flexibility index (Phi) is 4.29. The van der Waals surface area contributed by atoms with E-state index in [0.29, 0.717) is 11.1 Å². The van der Waals surface area contributed by atoms with E-state index in [2.05, 4.69) is 0 Å². The molecule has 0 saturated carbocycles. The van der Waals surface area contributed by atoms with Crippen molar-refractivity contribution in [3.63, 3.8) is 0 Å². The summed E-state index contributed by atoms with van der Waals surface area (Å²) in [6, 6.07) is 25.8. The molecule has 0 spiro atoms. The minimum atomic E-state index is -0.461. The molecule has 0 unspecified atom stereocenters. The Hall–Kier alpha value is -3.99. The third kappa shape index (κ3) is 2.75. The van der Waals surface area contributed by atoms with Gasteiger partial charge in [-0.1, -0.05) is 66.7 Å². The molecule has 0 bridgehead atoms. The van der Waals surface area contributed by atoms with Gasteiger partial charge in [-0.15, -0.1) is 0 Å². The Morgan fingerprint density at radius 2 is 1.20 bits per heavy atom. The van der Waals surface area contributed by atoms with Gasteiger partial charge in [0.2, 0.25) is 5.91 Å². The van der Waals surface area contributed by atoms with Crippen LogP contribution in [0.25, 0.3) is 0 Å². The number of fused-ring (bicyclic) bond motifs is 1. The van der Waals surface area contributed by atoms with Crippen LogP contribution >= 0.6 is 0 Å². The van der Waals surface area contributed by atoms with Gasteiger partial charge in [0.25, 0.3) is 11.8 Å². The number of nitrogens with zero attached hydrogens (tertiary/aromatic N) is 2. The minimum Gasteiger partial charge on any atom is -0.303 e. The average molecular weight is 394 g/mol. The first kappa shape index (κ1) is 18.1. The lowest BCUT2D eigenvalue weighted by Crippen LogP contribution is -2.54. The molecular weight excluding hydrogens is 376 g/mol. The molecule has 0 radical (unpaired) electrons. The van der Waals surface area contributed by atoms with Gasteiger partial charge in [0.05, 0.1) is 23.1 Å². The van der Waals surface area contributed by atoms with Crippen molar-refractivity contribution in [3.8, 4) is 0 Å². The number of anilines is 1. The van der Waals surface area contributed by atoms with Crippen LogP contribution in [0.1, 0.15) is 32.3 Å². The molecule has 0 N–H and O–H groups in total. The molecule has 146 valence electrons. The molecule has 1 fully saturated rings. The standard InChI is InChI=1S/C25H18N2O3/c28-23-19-13-7-8-14-20(19)24(29)26(23)16-15-21-22(17-9-3-1-4-10-17)27(25(21)30)18-11-5-2-6-12-18/h1-16,21-22H/b16-15-/t21-,22-/m1/s1. The second-order valence-electron chi connectivity index (χ2n) is 7.29. The van der Waals surface area contributed by atoms with Crippen LogP contribution in [0.5, 0.6) is 0 Å². The van der Waals surface area contributed by atoms with Crippen LogP contribution < -0.4 is 4.90 Å². The van der Waals surface area contributed by atoms with E-state index in [9.17, 15) is 14.4 Å². The maximum atomic E-state index is 13.0. The molecule has 0 aliphatic carbocycles. The average Bonchev–Trinajstić information content (AvgIpc) is 3.03. The number of carbonyl (C=O) groups is 3. The summed E-state index contributed by atoms with van der Waals surface area (Å²) in [6.45, 7) is 0. The van der Waals surface area contributed by atoms with Gasteiger partial charge in [-0.25, -0.2) is 4.90 Å². The van der Waals surface area contributed by atoms with Gasteiger partial charge in [0.1, 0.15) is 0 Å². The Morgan fingerprint density at radius 3 is 1.80 bits per heavy atom. The number of carbonyl (C=O) groups excluding carboxylic acids is 3. The SMILES string of the molecule is O=C1c2ccccc2C(=O)N1/C=C\[C@H]1C(=O)N(c2ccccc2)[C@@H]1c1ccccc1. The molecule has 2 aliphatic heterocycles. The highest BCUT2D eigenvalue weighted by molar-refractivity contribution is 6.22. The number of amides is 3. The molecule has 0 aromatic heterocycles. The molecule has 2 heterocycles. The van der Waals surface area contributed by atoms with Crippen molar-refractivity contribution in [2.45, 2.75) is 6.04 Å². The summed E-state index contributed by atoms with van der Waals surface area (Å²) in [5.41, 5.74) is 2.59. The Balaban J connectivity index is 1.46. The predicted molar refractivity (Wildman–Crippen MR) is 113 cm³/mol. The molecule has 5 heteroatoms. The number of rotatable bonds is 4. The van der Waals surface area contributed by atoms with E-state index in [-0.39, 0.29) is 23.8 Å². The highest BCUT2D eigenvalue weighted by Crippen LogP contribution is 2.44. The highest BCUT2D eigenvalue weighted by atomic mass is 16.2. The van der Waals surface area contributed by atoms with E-state index < -0.39 is 5.92 Å². The van der Waals surface area contributed by atoms with E-state index in [0.717, 1.165) is 16.2 Å². The summed E-state index contributed by atoms with van der Waals surface area (Å²) in [7, 11) is 0. The Morgan fingerprint density at radius 1 is 0.667 bits per heavy atom. The minimum absolute atomic E-state index is 0.0667. The maximum Gasteiger partial charge on any atom is 0.265 e. The van der Waals surface area contributed by atoms with Crippen LogP contribution in [0.2, 0.25) is 0 Å². The first-order valence-electron chi connectivity index (χ1n) is 9.75. The zero-order valence-electron chi connectivity index (χ0n) is 16.0. The normalized spacial score (nSPS) is 20.6. The molecule has 30 heavy (non-hydrogen) atoms. The fourth-order valence-corrected chi connectivity index (χ4v) is 4.10. The van der Waals surface area contributed by atoms with E-state index in [1.807, 2.05) is 60.7 Å². The van der Waals surface area contributed by atoms with Gasteiger partial charge in [-0.3, -0.25) is 14.4 Å². The van der Waals surface area contributed by atoms with Crippen LogP contribution in [0.4, 0.5) is 5.69 Å². The molecule has 3 aromatic rings. The van der Waals surface area contributed by atoms with Gasteiger partial charge >= 0.3 is 0 Å². The van der Waals surface area contributed by atoms with Crippen molar-refractivity contribution in [1.82, 2.24) is 4.90 Å². The zero-order chi connectivity index (χ0) is 20.7. The molecule has 5 nitrogen and oxygen atoms in total. The third-order valence-electron chi connectivity index (χ3n) is 5.58. The largest absolute Gasteiger partial charge is 0.303 e. The maximum absolute atomic E-state index is 13.0. The smallest absolute Gasteiger partial charge is 0.265 e. The second kappa shape index (κ2) is 7.12. The number of para-hydroxylation sites is 1. The molecular formula is C25H18N2O3. The number of hydrogen-bond acceptors (Lipinski definition) is 3. The summed E-state index contributed by atoms with van der Waals surface area (Å²) in [4.78, 5) is 41.1. The summed E-state index contributed by atoms with van der Waals surface area (Å²) < 4.78 is 0. The van der Waals surface area contributed by atoms with E-state index >= 15 is 0 Å². The van der Waals surface area contributed by atoms with Crippen molar-refractivity contribution in [3.05, 3.63) is 114 Å². The third-order valence-corrected chi connectivity index (χ3v) is 5.58. The second-order valence-corrected chi connectivity index (χ2v) is 7.29. The van der Waals surface area contributed by atoms with Gasteiger partial charge in [0, 0.05) is 11.9 Å². The Bertz CT molecular complexity index is 1140. The van der Waals surface area contributed by atoms with Crippen LogP contribution in [0, 0.1) is 5.92 Å². The first-order valence-corrected chi connectivity index (χ1v) is 9.75. The van der Waals surface area contributed by atoms with Crippen molar-refractivity contribution >= 4 is 23.4 Å². The summed E-state index contributed by atoms with van der Waals surface area (Å²) >= 11 is 0. The van der Waals surface area contributed by atoms with Crippen LogP contribution in [-0.2, 0) is 4.79 Å². The molecule has 3 amide bonds. The lowest BCUT2D eigenvalue weighted by atomic mass is 9.81. The lowest BCUT2D eigenvalue weighted by Gasteiger charge is -2.46. The van der Waals surface area contributed by atoms with Gasteiger partial charge in [0.15, 0.2) is 0 Å². The van der Waals surface area contributed by atoms with Crippen molar-refractivity contribution in [1.29, 1.82) is 0 Å². The zero-order valence-corrected chi connectivity index (χ0v) is 16.0. The van der Waals surface area contributed by atoms with Crippen molar-refractivity contribution in [2.24, 2.45) is 5.92 Å². The number of benzene rings is 3. The summed E-state index contributed by atoms with van der Waals surface area (Å²) in [6.07, 6.45) is 3.12. The summed E-state index contributed by atoms with van der Waals surface area (Å²) in [5, 5.41) is 0. The summed E-state index contributed by atoms with van der Waals surface area (Å²) in [5.74, 6) is -1.26. The predicted octanol–water partition coefficient (Wildman–Crippen LogP) is 4.20. The monoisotopic (exact) mass is 394 g/mol. The van der Waals surface area contributed by atoms with E-state index in [1.54, 1.807) is 35.2 Å². The van der Waals surface area contributed by atoms with Crippen LogP contribution in [0.3, 0.4) is 0 Å². The van der Waals surface area contributed by atoms with Crippen LogP contribution in [-0.4, -0.2) is 22.6 Å². The fraction of sp³-hybridized carbons (Fsp3) is 0.0800. The van der Waals surface area contributed by atoms with Gasteiger partial charge in [-0.2, -0.15) is 0 Å². The van der Waals surface area contributed by atoms with Crippen molar-refractivity contribution < 1.29 is 14.4 Å². The molecule has 2 aliphatic rings. The molecule has 2 atom stereocenters. The van der Waals surface area contributed by atoms with Gasteiger partial charge in [-0.05, 0) is 29.8 Å². The molecule has 5 rings (SSSR count). The highest BCUT2D eigenvalue weighted by Gasteiger charge is 2.47. The number of imide groups is 1. The first-order chi connectivity index (χ1) is 14.7. The fourth-order valence-electron chi connectivity index (χ4n) is 4.10. The molecule has 1 saturated heterocycles.